The Morgan fingerprint density at radius 2 is 2.10 bits per heavy atom. The van der Waals surface area contributed by atoms with E-state index in [0.29, 0.717) is 10.9 Å². The molecule has 0 aromatic carbocycles. The highest BCUT2D eigenvalue weighted by atomic mass is 32.2. The van der Waals surface area contributed by atoms with Crippen LogP contribution >= 0.6 is 11.8 Å². The first-order valence-corrected chi connectivity index (χ1v) is 7.94. The minimum Gasteiger partial charge on any atom is -0.463 e. The highest BCUT2D eigenvalue weighted by molar-refractivity contribution is 8.04. The van der Waals surface area contributed by atoms with E-state index >= 15 is 0 Å². The average Bonchev–Trinajstić information content (AvgIpc) is 2.71. The summed E-state index contributed by atoms with van der Waals surface area (Å²) >= 11 is 1.24. The molecular weight excluding hydrogens is 292 g/mol. The summed E-state index contributed by atoms with van der Waals surface area (Å²) in [5, 5.41) is 3.30. The summed E-state index contributed by atoms with van der Waals surface area (Å²) in [7, 11) is 0. The van der Waals surface area contributed by atoms with Crippen LogP contribution in [0, 0.1) is 5.92 Å². The molecule has 1 N–H and O–H groups in total. The lowest BCUT2D eigenvalue weighted by Crippen LogP contribution is -2.43. The number of nitrogens with one attached hydrogen (secondary N) is 1. The number of hydrogen-bond donors (Lipinski definition) is 1. The van der Waals surface area contributed by atoms with Crippen molar-refractivity contribution in [3.8, 4) is 0 Å². The standard InChI is InChI=1S/C14H22N2O4S/c1-5-20-14(19)6-13-16(12(18)8-21-13)7-11(17)15-10(4)9(2)3/h6,9-10H,5,7-8H2,1-4H3,(H,15,17)/b13-6-/t10-/m0/s1. The third-order valence-corrected chi connectivity index (χ3v) is 4.15. The van der Waals surface area contributed by atoms with Crippen molar-refractivity contribution in [1.82, 2.24) is 10.2 Å². The number of thioether (sulfide) groups is 1. The second-order valence-corrected chi connectivity index (χ2v) is 6.10. The highest BCUT2D eigenvalue weighted by Crippen LogP contribution is 2.28. The molecule has 21 heavy (non-hydrogen) atoms. The van der Waals surface area contributed by atoms with Gasteiger partial charge in [-0.2, -0.15) is 0 Å². The Labute approximate surface area is 129 Å². The van der Waals surface area contributed by atoms with Crippen LogP contribution < -0.4 is 5.32 Å². The van der Waals surface area contributed by atoms with E-state index in [0.717, 1.165) is 0 Å². The molecule has 1 aliphatic rings. The van der Waals surface area contributed by atoms with Crippen molar-refractivity contribution >= 4 is 29.5 Å². The minimum absolute atomic E-state index is 0.0281. The topological polar surface area (TPSA) is 75.7 Å². The Bertz CT molecular complexity index is 448. The van der Waals surface area contributed by atoms with Gasteiger partial charge in [-0.05, 0) is 19.8 Å². The molecule has 0 aliphatic carbocycles. The molecule has 0 aromatic heterocycles. The molecule has 2 amide bonds. The number of hydrogen-bond acceptors (Lipinski definition) is 5. The third-order valence-electron chi connectivity index (χ3n) is 3.13. The van der Waals surface area contributed by atoms with Crippen molar-refractivity contribution in [1.29, 1.82) is 0 Å². The van der Waals surface area contributed by atoms with E-state index in [-0.39, 0.29) is 36.8 Å². The smallest absolute Gasteiger partial charge is 0.333 e. The second kappa shape index (κ2) is 8.07. The minimum atomic E-state index is -0.504. The maximum Gasteiger partial charge on any atom is 0.333 e. The van der Waals surface area contributed by atoms with Gasteiger partial charge in [-0.25, -0.2) is 4.79 Å². The Kier molecular flexibility index (Phi) is 6.74. The number of carbonyl (C=O) groups excluding carboxylic acids is 3. The van der Waals surface area contributed by atoms with Crippen molar-refractivity contribution in [3.05, 3.63) is 11.1 Å². The summed E-state index contributed by atoms with van der Waals surface area (Å²) in [6.07, 6.45) is 1.26. The summed E-state index contributed by atoms with van der Waals surface area (Å²) in [6, 6.07) is 0.0281. The summed E-state index contributed by atoms with van der Waals surface area (Å²) in [5.74, 6) is -0.370. The van der Waals surface area contributed by atoms with Crippen LogP contribution in [0.3, 0.4) is 0 Å². The lowest BCUT2D eigenvalue weighted by molar-refractivity contribution is -0.137. The molecule has 0 saturated carbocycles. The normalized spacial score (nSPS) is 18.2. The van der Waals surface area contributed by atoms with E-state index in [1.807, 2.05) is 20.8 Å². The molecule has 1 saturated heterocycles. The molecule has 1 aliphatic heterocycles. The third kappa shape index (κ3) is 5.41. The number of amides is 2. The van der Waals surface area contributed by atoms with Crippen molar-refractivity contribution in [2.45, 2.75) is 33.7 Å². The largest absolute Gasteiger partial charge is 0.463 e. The lowest BCUT2D eigenvalue weighted by atomic mass is 10.1. The van der Waals surface area contributed by atoms with E-state index in [9.17, 15) is 14.4 Å². The SMILES string of the molecule is CCOC(=O)/C=C1\SCC(=O)N1CC(=O)N[C@@H](C)C(C)C. The fourth-order valence-corrected chi connectivity index (χ4v) is 2.52. The number of nitrogens with zero attached hydrogens (tertiary/aromatic N) is 1. The Morgan fingerprint density at radius 1 is 1.43 bits per heavy atom. The molecule has 0 aromatic rings. The highest BCUT2D eigenvalue weighted by Gasteiger charge is 2.29. The first kappa shape index (κ1) is 17.6. The van der Waals surface area contributed by atoms with E-state index in [2.05, 4.69) is 5.32 Å². The van der Waals surface area contributed by atoms with Crippen LogP contribution in [0.15, 0.2) is 11.1 Å². The molecule has 0 spiro atoms. The fourth-order valence-electron chi connectivity index (χ4n) is 1.59. The molecule has 0 unspecified atom stereocenters. The van der Waals surface area contributed by atoms with Crippen molar-refractivity contribution in [3.63, 3.8) is 0 Å². The Hall–Kier alpha value is -1.50. The second-order valence-electron chi connectivity index (χ2n) is 5.10. The molecule has 0 bridgehead atoms. The average molecular weight is 314 g/mol. The van der Waals surface area contributed by atoms with Gasteiger partial charge in [0.1, 0.15) is 6.54 Å². The first-order chi connectivity index (χ1) is 9.85. The fraction of sp³-hybridized carbons (Fsp3) is 0.643. The van der Waals surface area contributed by atoms with E-state index < -0.39 is 5.97 Å². The zero-order valence-electron chi connectivity index (χ0n) is 12.8. The van der Waals surface area contributed by atoms with Gasteiger partial charge in [0.15, 0.2) is 0 Å². The predicted molar refractivity (Wildman–Crippen MR) is 81.3 cm³/mol. The quantitative estimate of drug-likeness (QED) is 0.587. The number of carbonyl (C=O) groups is 3. The molecule has 118 valence electrons. The van der Waals surface area contributed by atoms with Gasteiger partial charge < -0.3 is 10.1 Å². The molecule has 7 heteroatoms. The maximum atomic E-state index is 12.0. The summed E-state index contributed by atoms with van der Waals surface area (Å²) in [5.41, 5.74) is 0. The molecule has 1 atom stereocenters. The first-order valence-electron chi connectivity index (χ1n) is 6.96. The Balaban J connectivity index is 2.67. The van der Waals surface area contributed by atoms with Crippen LogP contribution in [-0.4, -0.2) is 47.6 Å². The van der Waals surface area contributed by atoms with Crippen LogP contribution in [-0.2, 0) is 19.1 Å². The number of rotatable bonds is 6. The monoisotopic (exact) mass is 314 g/mol. The molecule has 1 rings (SSSR count). The predicted octanol–water partition coefficient (Wildman–Crippen LogP) is 1.13. The van der Waals surface area contributed by atoms with Crippen LogP contribution in [0.4, 0.5) is 0 Å². The summed E-state index contributed by atoms with van der Waals surface area (Å²) < 4.78 is 4.82. The molecular formula is C14H22N2O4S. The van der Waals surface area contributed by atoms with E-state index in [1.54, 1.807) is 6.92 Å². The van der Waals surface area contributed by atoms with Gasteiger partial charge in [-0.1, -0.05) is 25.6 Å². The molecule has 6 nitrogen and oxygen atoms in total. The van der Waals surface area contributed by atoms with Gasteiger partial charge in [0.05, 0.1) is 23.5 Å². The van der Waals surface area contributed by atoms with Gasteiger partial charge in [0, 0.05) is 6.04 Å². The maximum absolute atomic E-state index is 12.0. The van der Waals surface area contributed by atoms with Crippen LogP contribution in [0.25, 0.3) is 0 Å². The van der Waals surface area contributed by atoms with Gasteiger partial charge in [0.2, 0.25) is 11.8 Å². The van der Waals surface area contributed by atoms with E-state index in [4.69, 9.17) is 4.74 Å². The van der Waals surface area contributed by atoms with Crippen molar-refractivity contribution in [2.24, 2.45) is 5.92 Å². The number of esters is 1. The number of ether oxygens (including phenoxy) is 1. The van der Waals surface area contributed by atoms with Crippen molar-refractivity contribution in [2.75, 3.05) is 18.9 Å². The van der Waals surface area contributed by atoms with Crippen molar-refractivity contribution < 1.29 is 19.1 Å². The zero-order chi connectivity index (χ0) is 16.0. The van der Waals surface area contributed by atoms with Gasteiger partial charge in [-0.3, -0.25) is 14.5 Å². The van der Waals surface area contributed by atoms with Crippen LogP contribution in [0.5, 0.6) is 0 Å². The Morgan fingerprint density at radius 3 is 2.67 bits per heavy atom. The zero-order valence-corrected chi connectivity index (χ0v) is 13.7. The van der Waals surface area contributed by atoms with Crippen LogP contribution in [0.2, 0.25) is 0 Å². The summed E-state index contributed by atoms with van der Waals surface area (Å²) in [6.45, 7) is 7.84. The molecule has 1 heterocycles. The van der Waals surface area contributed by atoms with Gasteiger partial charge in [-0.15, -0.1) is 0 Å². The van der Waals surface area contributed by atoms with Gasteiger partial charge >= 0.3 is 5.97 Å². The molecule has 0 radical (unpaired) electrons. The summed E-state index contributed by atoms with van der Waals surface area (Å²) in [4.78, 5) is 36.5. The molecule has 1 fully saturated rings. The van der Waals surface area contributed by atoms with Crippen LogP contribution in [0.1, 0.15) is 27.7 Å². The van der Waals surface area contributed by atoms with Gasteiger partial charge in [0.25, 0.3) is 0 Å². The van der Waals surface area contributed by atoms with E-state index in [1.165, 1.54) is 22.7 Å². The lowest BCUT2D eigenvalue weighted by Gasteiger charge is -2.21.